The van der Waals surface area contributed by atoms with E-state index in [2.05, 4.69) is 16.2 Å². The molecule has 1 radical (unpaired) electrons. The van der Waals surface area contributed by atoms with E-state index in [9.17, 15) is 13.2 Å². The molecule has 1 aromatic carbocycles. The van der Waals surface area contributed by atoms with Crippen molar-refractivity contribution in [3.8, 4) is 16.3 Å². The van der Waals surface area contributed by atoms with Crippen LogP contribution in [0.15, 0.2) is 29.6 Å². The minimum atomic E-state index is -4.47. The third-order valence-corrected chi connectivity index (χ3v) is 3.74. The monoisotopic (exact) mass is 309 g/mol. The molecule has 0 fully saturated rings. The maximum absolute atomic E-state index is 12.6. The number of para-hydroxylation sites is 1. The van der Waals surface area contributed by atoms with Crippen molar-refractivity contribution in [3.05, 3.63) is 41.5 Å². The largest absolute Gasteiger partial charge is 0.495 e. The van der Waals surface area contributed by atoms with Crippen molar-refractivity contribution >= 4 is 22.2 Å². The molecule has 21 heavy (non-hydrogen) atoms. The fourth-order valence-corrected chi connectivity index (χ4v) is 2.76. The van der Waals surface area contributed by atoms with Gasteiger partial charge >= 0.3 is 6.18 Å². The van der Waals surface area contributed by atoms with E-state index in [0.29, 0.717) is 22.2 Å². The number of methoxy groups -OCH3 is 1. The zero-order chi connectivity index (χ0) is 15.0. The number of pyridine rings is 1. The van der Waals surface area contributed by atoms with Crippen LogP contribution in [-0.4, -0.2) is 17.1 Å². The fourth-order valence-electron chi connectivity index (χ4n) is 1.94. The first-order valence-electron chi connectivity index (χ1n) is 5.88. The summed E-state index contributed by atoms with van der Waals surface area (Å²) < 4.78 is 43.2. The Labute approximate surface area is 122 Å². The van der Waals surface area contributed by atoms with Crippen LogP contribution in [-0.2, 0) is 6.18 Å². The molecule has 107 valence electrons. The number of thiazole rings is 1. The predicted octanol–water partition coefficient (Wildman–Crippen LogP) is 4.19. The Balaban J connectivity index is 2.18. The molecule has 3 nitrogen and oxygen atoms in total. The van der Waals surface area contributed by atoms with Crippen LogP contribution in [0.2, 0.25) is 0 Å². The van der Waals surface area contributed by atoms with Gasteiger partial charge in [0.1, 0.15) is 17.0 Å². The standard InChI is InChI=1S/C14H8F3N2OS/c1-20-12-8-4-2-3-5-10(8)18-6-9(12)13-19-11(7-21-13)14(15,16)17/h2-5,7H,1H3. The fraction of sp³-hybridized carbons (Fsp3) is 0.143. The molecule has 0 unspecified atom stereocenters. The van der Waals surface area contributed by atoms with Gasteiger partial charge in [0.05, 0.1) is 18.2 Å². The molecule has 0 amide bonds. The molecule has 3 aromatic rings. The lowest BCUT2D eigenvalue weighted by Gasteiger charge is -2.08. The van der Waals surface area contributed by atoms with Gasteiger partial charge in [-0.2, -0.15) is 13.2 Å². The Morgan fingerprint density at radius 1 is 1.24 bits per heavy atom. The van der Waals surface area contributed by atoms with Gasteiger partial charge in [-0.05, 0) is 12.1 Å². The van der Waals surface area contributed by atoms with Gasteiger partial charge in [0.25, 0.3) is 0 Å². The van der Waals surface area contributed by atoms with Gasteiger partial charge < -0.3 is 4.74 Å². The topological polar surface area (TPSA) is 35.0 Å². The minimum Gasteiger partial charge on any atom is -0.495 e. The van der Waals surface area contributed by atoms with E-state index in [1.54, 1.807) is 18.2 Å². The Bertz CT molecular complexity index is 798. The van der Waals surface area contributed by atoms with Gasteiger partial charge in [0.2, 0.25) is 0 Å². The molecule has 0 N–H and O–H groups in total. The number of rotatable bonds is 2. The van der Waals surface area contributed by atoms with E-state index >= 15 is 0 Å². The molecule has 7 heteroatoms. The van der Waals surface area contributed by atoms with Gasteiger partial charge in [-0.1, -0.05) is 12.1 Å². The molecule has 0 atom stereocenters. The number of aromatic nitrogens is 2. The van der Waals surface area contributed by atoms with E-state index < -0.39 is 11.9 Å². The molecule has 3 rings (SSSR count). The SMILES string of the molecule is COc1c(-c2nc(C(F)(F)F)cs2)[c]nc2ccccc12. The highest BCUT2D eigenvalue weighted by molar-refractivity contribution is 7.13. The Morgan fingerprint density at radius 3 is 2.67 bits per heavy atom. The lowest BCUT2D eigenvalue weighted by molar-refractivity contribution is -0.140. The van der Waals surface area contributed by atoms with Crippen molar-refractivity contribution in [2.75, 3.05) is 7.11 Å². The number of alkyl halides is 3. The van der Waals surface area contributed by atoms with Crippen molar-refractivity contribution in [2.45, 2.75) is 6.18 Å². The van der Waals surface area contributed by atoms with Crippen molar-refractivity contribution in [2.24, 2.45) is 0 Å². The summed E-state index contributed by atoms with van der Waals surface area (Å²) in [6.07, 6.45) is -1.75. The van der Waals surface area contributed by atoms with E-state index in [-0.39, 0.29) is 5.01 Å². The average Bonchev–Trinajstić information content (AvgIpc) is 2.95. The molecule has 2 heterocycles. The summed E-state index contributed by atoms with van der Waals surface area (Å²) in [7, 11) is 1.46. The molecule has 2 aromatic heterocycles. The van der Waals surface area contributed by atoms with Crippen LogP contribution in [0.3, 0.4) is 0 Å². The highest BCUT2D eigenvalue weighted by Gasteiger charge is 2.34. The first-order valence-corrected chi connectivity index (χ1v) is 6.76. The van der Waals surface area contributed by atoms with E-state index in [0.717, 1.165) is 16.7 Å². The van der Waals surface area contributed by atoms with Crippen molar-refractivity contribution in [3.63, 3.8) is 0 Å². The zero-order valence-corrected chi connectivity index (χ0v) is 11.5. The summed E-state index contributed by atoms with van der Waals surface area (Å²) in [5.74, 6) is 0.420. The summed E-state index contributed by atoms with van der Waals surface area (Å²) in [6.45, 7) is 0. The lowest BCUT2D eigenvalue weighted by atomic mass is 10.1. The Hall–Kier alpha value is -2.15. The number of benzene rings is 1. The van der Waals surface area contributed by atoms with Crippen LogP contribution in [0.4, 0.5) is 13.2 Å². The quantitative estimate of drug-likeness (QED) is 0.712. The minimum absolute atomic E-state index is 0.178. The number of nitrogens with zero attached hydrogens (tertiary/aromatic N) is 2. The van der Waals surface area contributed by atoms with Crippen LogP contribution in [0, 0.1) is 6.20 Å². The maximum Gasteiger partial charge on any atom is 0.434 e. The maximum atomic E-state index is 12.6. The van der Waals surface area contributed by atoms with Crippen LogP contribution in [0.5, 0.6) is 5.75 Å². The summed E-state index contributed by atoms with van der Waals surface area (Å²) in [4.78, 5) is 7.73. The average molecular weight is 309 g/mol. The first-order chi connectivity index (χ1) is 10.0. The Kier molecular flexibility index (Phi) is 3.29. The van der Waals surface area contributed by atoms with Crippen LogP contribution >= 0.6 is 11.3 Å². The second-order valence-electron chi connectivity index (χ2n) is 4.18. The zero-order valence-electron chi connectivity index (χ0n) is 10.7. The van der Waals surface area contributed by atoms with Gasteiger partial charge in [-0.15, -0.1) is 11.3 Å². The molecular weight excluding hydrogens is 301 g/mol. The van der Waals surface area contributed by atoms with E-state index in [4.69, 9.17) is 4.74 Å². The smallest absolute Gasteiger partial charge is 0.434 e. The molecule has 0 saturated heterocycles. The molecular formula is C14H8F3N2OS. The van der Waals surface area contributed by atoms with E-state index in [1.165, 1.54) is 7.11 Å². The molecule has 0 aliphatic carbocycles. The number of hydrogen-bond donors (Lipinski definition) is 0. The van der Waals surface area contributed by atoms with Crippen LogP contribution in [0.25, 0.3) is 21.5 Å². The van der Waals surface area contributed by atoms with Gasteiger partial charge in [-0.3, -0.25) is 0 Å². The van der Waals surface area contributed by atoms with Gasteiger partial charge in [0.15, 0.2) is 5.69 Å². The molecule has 0 aliphatic rings. The summed E-state index contributed by atoms with van der Waals surface area (Å²) in [6, 6.07) is 7.19. The summed E-state index contributed by atoms with van der Waals surface area (Å²) in [5.41, 5.74) is 0.0634. The third-order valence-electron chi connectivity index (χ3n) is 2.88. The van der Waals surface area contributed by atoms with Crippen molar-refractivity contribution < 1.29 is 17.9 Å². The molecule has 0 spiro atoms. The van der Waals surface area contributed by atoms with E-state index in [1.807, 2.05) is 6.07 Å². The number of halogens is 3. The third kappa shape index (κ3) is 2.44. The normalized spacial score (nSPS) is 11.8. The summed E-state index contributed by atoms with van der Waals surface area (Å²) >= 11 is 0.885. The number of hydrogen-bond acceptors (Lipinski definition) is 4. The second kappa shape index (κ2) is 5.00. The number of ether oxygens (including phenoxy) is 1. The van der Waals surface area contributed by atoms with Crippen LogP contribution in [0.1, 0.15) is 5.69 Å². The highest BCUT2D eigenvalue weighted by atomic mass is 32.1. The van der Waals surface area contributed by atoms with Crippen molar-refractivity contribution in [1.82, 2.24) is 9.97 Å². The Morgan fingerprint density at radius 2 is 2.00 bits per heavy atom. The molecule has 0 aliphatic heterocycles. The predicted molar refractivity (Wildman–Crippen MR) is 73.2 cm³/mol. The highest BCUT2D eigenvalue weighted by Crippen LogP contribution is 2.39. The van der Waals surface area contributed by atoms with Gasteiger partial charge in [0, 0.05) is 10.8 Å². The number of fused-ring (bicyclic) bond motifs is 1. The molecule has 0 bridgehead atoms. The van der Waals surface area contributed by atoms with Crippen LogP contribution < -0.4 is 4.74 Å². The van der Waals surface area contributed by atoms with Gasteiger partial charge in [-0.25, -0.2) is 9.97 Å². The first kappa shape index (κ1) is 13.8. The summed E-state index contributed by atoms with van der Waals surface area (Å²) in [5, 5.41) is 1.85. The molecule has 0 saturated carbocycles. The second-order valence-corrected chi connectivity index (χ2v) is 5.04. The van der Waals surface area contributed by atoms with Crippen molar-refractivity contribution in [1.29, 1.82) is 0 Å². The lowest BCUT2D eigenvalue weighted by Crippen LogP contribution is -2.05.